The Bertz CT molecular complexity index is 2960. The molecule has 1 fully saturated rings. The minimum Gasteiger partial charge on any atom is -0.500 e. The summed E-state index contributed by atoms with van der Waals surface area (Å²) in [4.78, 5) is 23.8. The minimum absolute atomic E-state index is 0.156. The first-order valence-electron chi connectivity index (χ1n) is 23.3. The molecule has 72 heavy (non-hydrogen) atoms. The van der Waals surface area contributed by atoms with Gasteiger partial charge in [0.2, 0.25) is 11.8 Å². The van der Waals surface area contributed by atoms with Gasteiger partial charge in [-0.05, 0) is 66.0 Å². The minimum atomic E-state index is -1.17. The van der Waals surface area contributed by atoms with Crippen LogP contribution in [0.3, 0.4) is 0 Å². The van der Waals surface area contributed by atoms with Gasteiger partial charge in [0.05, 0.1) is 61.0 Å². The van der Waals surface area contributed by atoms with Crippen LogP contribution in [0.2, 0.25) is 0 Å². The lowest BCUT2D eigenvalue weighted by molar-refractivity contribution is 0.0787. The van der Waals surface area contributed by atoms with Crippen molar-refractivity contribution in [3.8, 4) is 40.8 Å². The molecule has 9 rings (SSSR count). The number of nitriles is 1. The Morgan fingerprint density at radius 3 is 1.99 bits per heavy atom. The van der Waals surface area contributed by atoms with Crippen molar-refractivity contribution in [1.82, 2.24) is 44.4 Å². The van der Waals surface area contributed by atoms with E-state index in [9.17, 15) is 19.0 Å². The number of nitrogens with one attached hydrogen (secondary N) is 1. The number of anilines is 1. The first kappa shape index (κ1) is 53.3. The van der Waals surface area contributed by atoms with Crippen LogP contribution < -0.4 is 11.5 Å². The maximum Gasteiger partial charge on any atom is 0.244 e. The van der Waals surface area contributed by atoms with Gasteiger partial charge in [-0.2, -0.15) is 15.5 Å². The van der Waals surface area contributed by atoms with E-state index < -0.39 is 11.2 Å². The molecule has 1 saturated heterocycles. The zero-order valence-electron chi connectivity index (χ0n) is 41.0. The molecule has 0 bridgehead atoms. The summed E-state index contributed by atoms with van der Waals surface area (Å²) in [6.07, 6.45) is 15.3. The highest BCUT2D eigenvalue weighted by Gasteiger charge is 2.24. The van der Waals surface area contributed by atoms with E-state index in [-0.39, 0.29) is 47.8 Å². The summed E-state index contributed by atoms with van der Waals surface area (Å²) >= 11 is 0. The van der Waals surface area contributed by atoms with Crippen LogP contribution in [0.25, 0.3) is 34.7 Å². The molecular formula is C51H60F2N14O5. The van der Waals surface area contributed by atoms with Crippen LogP contribution in [-0.2, 0) is 23.4 Å². The molecule has 0 saturated carbocycles. The summed E-state index contributed by atoms with van der Waals surface area (Å²) in [6.45, 7) is 12.6. The molecule has 2 aliphatic heterocycles. The fourth-order valence-electron chi connectivity index (χ4n) is 7.34. The van der Waals surface area contributed by atoms with Crippen LogP contribution in [0.5, 0.6) is 0 Å². The Morgan fingerprint density at radius 1 is 0.861 bits per heavy atom. The largest absolute Gasteiger partial charge is 0.500 e. The number of fused-ring (bicyclic) bond motifs is 1. The molecule has 5 aromatic heterocycles. The number of nitrogen functional groups attached to an aromatic ring is 2. The molecule has 0 radical (unpaired) electrons. The van der Waals surface area contributed by atoms with Crippen molar-refractivity contribution in [1.29, 1.82) is 10.7 Å². The van der Waals surface area contributed by atoms with Crippen molar-refractivity contribution < 1.29 is 32.6 Å². The third-order valence-corrected chi connectivity index (χ3v) is 11.1. The predicted molar refractivity (Wildman–Crippen MR) is 267 cm³/mol. The van der Waals surface area contributed by atoms with Gasteiger partial charge in [-0.3, -0.25) is 19.8 Å². The second-order valence-corrected chi connectivity index (χ2v) is 17.6. The lowest BCUT2D eigenvalue weighted by Crippen LogP contribution is -2.34. The number of oxazole rings is 2. The number of amidine groups is 2. The van der Waals surface area contributed by atoms with Gasteiger partial charge in [0.1, 0.15) is 64.7 Å². The number of hydrogen-bond acceptors (Lipinski definition) is 16. The fourth-order valence-corrected chi connectivity index (χ4v) is 7.34. The molecule has 0 amide bonds. The second-order valence-electron chi connectivity index (χ2n) is 17.6. The molecule has 378 valence electrons. The lowest BCUT2D eigenvalue weighted by Gasteiger charge is -2.27. The summed E-state index contributed by atoms with van der Waals surface area (Å²) in [5.41, 5.74) is 12.6. The van der Waals surface area contributed by atoms with Gasteiger partial charge >= 0.3 is 0 Å². The Morgan fingerprint density at radius 2 is 1.46 bits per heavy atom. The monoisotopic (exact) mass is 986 g/mol. The molecular weight excluding hydrogens is 927 g/mol. The van der Waals surface area contributed by atoms with E-state index in [1.807, 2.05) is 13.0 Å². The maximum absolute atomic E-state index is 14.1. The van der Waals surface area contributed by atoms with E-state index in [4.69, 9.17) is 35.7 Å². The third kappa shape index (κ3) is 14.5. The lowest BCUT2D eigenvalue weighted by atomic mass is 10.0. The van der Waals surface area contributed by atoms with Crippen LogP contribution in [-0.4, -0.2) is 98.1 Å². The zero-order chi connectivity index (χ0) is 51.8. The Labute approximate surface area is 416 Å². The first-order chi connectivity index (χ1) is 34.5. The molecule has 7 N–H and O–H groups in total. The molecule has 0 spiro atoms. The van der Waals surface area contributed by atoms with E-state index in [1.165, 1.54) is 105 Å². The van der Waals surface area contributed by atoms with Gasteiger partial charge in [-0.15, -0.1) is 0 Å². The fraction of sp³-hybridized carbons (Fsp3) is 0.353. The average Bonchev–Trinajstić information content (AvgIpc) is 4.19. The van der Waals surface area contributed by atoms with Gasteiger partial charge in [0.25, 0.3) is 0 Å². The average molecular weight is 987 g/mol. The summed E-state index contributed by atoms with van der Waals surface area (Å²) in [5, 5.41) is 44.2. The van der Waals surface area contributed by atoms with Crippen molar-refractivity contribution in [2.24, 2.45) is 10.7 Å². The number of hydrogen-bond donors (Lipinski definition) is 5. The van der Waals surface area contributed by atoms with E-state index in [2.05, 4.69) is 40.0 Å². The number of aromatic nitrogens is 8. The molecule has 7 heterocycles. The van der Waals surface area contributed by atoms with Crippen LogP contribution in [0, 0.1) is 28.4 Å². The van der Waals surface area contributed by atoms with E-state index >= 15 is 0 Å². The van der Waals surface area contributed by atoms with Gasteiger partial charge in [0, 0.05) is 61.1 Å². The van der Waals surface area contributed by atoms with Crippen LogP contribution in [0.15, 0.2) is 117 Å². The smallest absolute Gasteiger partial charge is 0.244 e. The van der Waals surface area contributed by atoms with Crippen molar-refractivity contribution in [3.63, 3.8) is 0 Å². The second kappa shape index (κ2) is 24.6. The third-order valence-electron chi connectivity index (χ3n) is 11.1. The first-order valence-corrected chi connectivity index (χ1v) is 23.3. The Kier molecular flexibility index (Phi) is 18.2. The molecule has 2 aliphatic rings. The van der Waals surface area contributed by atoms with Crippen molar-refractivity contribution in [2.45, 2.75) is 91.0 Å². The number of aliphatic hydroxyl groups is 2. The molecule has 0 atom stereocenters. The summed E-state index contributed by atoms with van der Waals surface area (Å²) < 4.78 is 46.5. The van der Waals surface area contributed by atoms with Gasteiger partial charge in [-0.1, -0.05) is 42.8 Å². The van der Waals surface area contributed by atoms with Crippen LogP contribution in [0.1, 0.15) is 89.1 Å². The van der Waals surface area contributed by atoms with E-state index in [0.717, 1.165) is 6.54 Å². The molecule has 0 aliphatic carbocycles. The number of aliphatic imine (C=N–C) groups is 1. The highest BCUT2D eigenvalue weighted by molar-refractivity contribution is 5.93. The quantitative estimate of drug-likeness (QED) is 0.0337. The zero-order valence-corrected chi connectivity index (χ0v) is 41.0. The van der Waals surface area contributed by atoms with Gasteiger partial charge in [0.15, 0.2) is 5.82 Å². The number of nitrogens with zero attached hydrogens (tertiary/aromatic N) is 11. The number of benzene rings is 2. The number of ether oxygens (including phenoxy) is 1. The maximum atomic E-state index is 14.1. The van der Waals surface area contributed by atoms with Crippen molar-refractivity contribution in [3.05, 3.63) is 138 Å². The van der Waals surface area contributed by atoms with E-state index in [1.54, 1.807) is 80.9 Å². The number of rotatable bonds is 12. The van der Waals surface area contributed by atoms with Crippen molar-refractivity contribution >= 4 is 17.5 Å². The highest BCUT2D eigenvalue weighted by Crippen LogP contribution is 2.29. The summed E-state index contributed by atoms with van der Waals surface area (Å²) in [7, 11) is 0. The summed E-state index contributed by atoms with van der Waals surface area (Å²) in [6, 6.07) is 18.0. The van der Waals surface area contributed by atoms with E-state index in [0.29, 0.717) is 57.9 Å². The Balaban J connectivity index is 0.000000171. The normalized spacial score (nSPS) is 13.6. The molecule has 2 aromatic carbocycles. The molecule has 7 aromatic rings. The standard InChI is InChI=1S/C20H19FN6O2.C14H12FN5O.C9H16N2.C8H13NO2/c1-20(2,28)13-10-24-18(25-17(13)22)15-9-16(19-23-7-8-29-19)27(26-15)11-12-5-3-4-6-14(12)21;15-10-4-2-1-3-9(10)8-20-12(14-18-5-6-21-14)7-11(19-20)13(16)17;1-2-5-9-10-6-4-8-11(9)7-3-1;1-4-11-6-7(5-9)8(2,3)10/h3-10,28H,11H2,1-2H3,(H2,22,24,25);1-7H,8H2,(H3,16,17);1-8H2;6,10H,4H2,1-3H3/b;;;7-6-. The number of nitrogens with two attached hydrogens (primary N) is 2. The summed E-state index contributed by atoms with van der Waals surface area (Å²) in [5.74, 6) is 1.67. The SMILES string of the molecule is C1CCC2=NCCCN2CC1.CC(C)(O)c1cnc(-c2cc(-c3ncco3)n(Cc3ccccc3F)n2)nc1N.CCO/C=C(/C#N)C(C)(C)O.N=C(N)c1cc(-c2ncco2)n(Cc2ccccc2F)n1. The van der Waals surface area contributed by atoms with Crippen LogP contribution >= 0.6 is 0 Å². The highest BCUT2D eigenvalue weighted by atomic mass is 19.1. The molecule has 19 nitrogen and oxygen atoms in total. The molecule has 0 unspecified atom stereocenters. The number of halogens is 2. The topological polar surface area (TPSA) is 278 Å². The van der Waals surface area contributed by atoms with Gasteiger partial charge in [-0.25, -0.2) is 28.7 Å². The predicted octanol–water partition coefficient (Wildman–Crippen LogP) is 7.87. The van der Waals surface area contributed by atoms with Gasteiger partial charge < -0.3 is 40.2 Å². The van der Waals surface area contributed by atoms with Crippen molar-refractivity contribution in [2.75, 3.05) is 32.0 Å². The Hall–Kier alpha value is -8.09. The molecule has 21 heteroatoms. The van der Waals surface area contributed by atoms with Crippen LogP contribution in [0.4, 0.5) is 14.6 Å².